The lowest BCUT2D eigenvalue weighted by atomic mass is 9.99. The summed E-state index contributed by atoms with van der Waals surface area (Å²) in [7, 11) is 2.12. The van der Waals surface area contributed by atoms with E-state index in [2.05, 4.69) is 40.3 Å². The number of unbranched alkanes of at least 4 members (excludes halogenated alkanes) is 1. The van der Waals surface area contributed by atoms with Crippen molar-refractivity contribution in [3.8, 4) is 0 Å². The molecule has 1 atom stereocenters. The van der Waals surface area contributed by atoms with E-state index >= 15 is 0 Å². The fraction of sp³-hybridized carbons (Fsp3) is 1.00. The quantitative estimate of drug-likeness (QED) is 0.314. The van der Waals surface area contributed by atoms with Crippen molar-refractivity contribution in [3.63, 3.8) is 0 Å². The molecule has 0 aliphatic heterocycles. The summed E-state index contributed by atoms with van der Waals surface area (Å²) < 4.78 is 31.9. The average Bonchev–Trinajstić information content (AvgIpc) is 2.40. The Morgan fingerprint density at radius 2 is 1.78 bits per heavy atom. The predicted molar refractivity (Wildman–Crippen MR) is 95.3 cm³/mol. The maximum Gasteiger partial charge on any atom is 0.101 e. The Hall–Kier alpha value is -0.210. The van der Waals surface area contributed by atoms with Crippen LogP contribution in [0.4, 0.5) is 0 Å². The summed E-state index contributed by atoms with van der Waals surface area (Å²) in [6.07, 6.45) is 5.24. The zero-order valence-electron chi connectivity index (χ0n) is 15.7. The molecule has 6 nitrogen and oxygen atoms in total. The Labute approximate surface area is 143 Å². The van der Waals surface area contributed by atoms with Crippen LogP contribution >= 0.6 is 0 Å². The van der Waals surface area contributed by atoms with E-state index in [1.54, 1.807) is 0 Å². The normalized spacial score (nSPS) is 13.3. The molecule has 23 heavy (non-hydrogen) atoms. The number of nitrogens with zero attached hydrogens (tertiary/aromatic N) is 1. The van der Waals surface area contributed by atoms with Crippen LogP contribution in [0.1, 0.15) is 46.0 Å². The molecule has 0 aromatic carbocycles. The largest absolute Gasteiger partial charge is 0.748 e. The number of hydrogen-bond acceptors (Lipinski definition) is 5. The van der Waals surface area contributed by atoms with Crippen molar-refractivity contribution in [1.82, 2.24) is 5.32 Å². The molecule has 0 saturated heterocycles. The van der Waals surface area contributed by atoms with E-state index in [1.165, 1.54) is 19.3 Å². The molecular formula is C16H38N2O4S. The van der Waals surface area contributed by atoms with Gasteiger partial charge in [-0.25, -0.2) is 8.42 Å². The van der Waals surface area contributed by atoms with E-state index in [-0.39, 0.29) is 12.4 Å². The van der Waals surface area contributed by atoms with Crippen LogP contribution in [-0.4, -0.2) is 75.7 Å². The molecule has 0 heterocycles. The lowest BCUT2D eigenvalue weighted by Gasteiger charge is -2.21. The SMILES string of the molecule is CCCCC(CC)CNCCCS(=O)(=O)[O-].C[N+](C)(C)CCO. The van der Waals surface area contributed by atoms with Gasteiger partial charge in [0.2, 0.25) is 0 Å². The maximum absolute atomic E-state index is 10.3. The van der Waals surface area contributed by atoms with E-state index in [9.17, 15) is 13.0 Å². The summed E-state index contributed by atoms with van der Waals surface area (Å²) in [5, 5.41) is 11.6. The van der Waals surface area contributed by atoms with Gasteiger partial charge in [0.1, 0.15) is 6.54 Å². The minimum atomic E-state index is -4.03. The van der Waals surface area contributed by atoms with Gasteiger partial charge in [-0.2, -0.15) is 0 Å². The van der Waals surface area contributed by atoms with Crippen LogP contribution in [0.15, 0.2) is 0 Å². The third kappa shape index (κ3) is 24.2. The smallest absolute Gasteiger partial charge is 0.101 e. The van der Waals surface area contributed by atoms with Gasteiger partial charge >= 0.3 is 0 Å². The first kappa shape index (κ1) is 25.0. The fourth-order valence-electron chi connectivity index (χ4n) is 1.92. The lowest BCUT2D eigenvalue weighted by Crippen LogP contribution is -2.36. The van der Waals surface area contributed by atoms with Crippen LogP contribution in [0.5, 0.6) is 0 Å². The highest BCUT2D eigenvalue weighted by Gasteiger charge is 2.05. The van der Waals surface area contributed by atoms with Crippen LogP contribution in [0.3, 0.4) is 0 Å². The van der Waals surface area contributed by atoms with Crippen molar-refractivity contribution in [2.24, 2.45) is 5.92 Å². The summed E-state index contributed by atoms with van der Waals surface area (Å²) >= 11 is 0. The first-order valence-corrected chi connectivity index (χ1v) is 10.2. The highest BCUT2D eigenvalue weighted by atomic mass is 32.2. The van der Waals surface area contributed by atoms with Gasteiger partial charge in [-0.15, -0.1) is 0 Å². The summed E-state index contributed by atoms with van der Waals surface area (Å²) in [6.45, 7) is 7.01. The van der Waals surface area contributed by atoms with Gasteiger partial charge in [0.25, 0.3) is 0 Å². The second-order valence-corrected chi connectivity index (χ2v) is 8.50. The average molecular weight is 355 g/mol. The van der Waals surface area contributed by atoms with E-state index in [0.717, 1.165) is 24.0 Å². The number of aliphatic hydroxyl groups is 1. The van der Waals surface area contributed by atoms with Gasteiger partial charge in [-0.3, -0.25) is 0 Å². The monoisotopic (exact) mass is 354 g/mol. The van der Waals surface area contributed by atoms with Crippen molar-refractivity contribution >= 4 is 10.1 Å². The highest BCUT2D eigenvalue weighted by Crippen LogP contribution is 2.10. The van der Waals surface area contributed by atoms with Crippen molar-refractivity contribution in [1.29, 1.82) is 0 Å². The Balaban J connectivity index is 0. The topological polar surface area (TPSA) is 89.5 Å². The third-order valence-electron chi connectivity index (χ3n) is 3.50. The number of likely N-dealkylation sites (N-methyl/N-ethyl adjacent to an activating group) is 1. The number of aliphatic hydroxyl groups excluding tert-OH is 1. The number of hydrogen-bond donors (Lipinski definition) is 2. The molecule has 0 amide bonds. The van der Waals surface area contributed by atoms with Crippen LogP contribution in [-0.2, 0) is 10.1 Å². The molecular weight excluding hydrogens is 316 g/mol. The Kier molecular flexibility index (Phi) is 15.4. The Morgan fingerprint density at radius 3 is 2.13 bits per heavy atom. The van der Waals surface area contributed by atoms with Gasteiger partial charge in [-0.1, -0.05) is 33.1 Å². The number of quaternary nitrogens is 1. The molecule has 0 saturated carbocycles. The minimum Gasteiger partial charge on any atom is -0.748 e. The standard InChI is InChI=1S/C11H25NO3S.C5H14NO/c1-3-5-7-11(4-2)10-12-8-6-9-16(13,14)15;1-6(2,3)4-5-7/h11-12H,3-10H2,1-2H3,(H,13,14,15);7H,4-5H2,1-3H3/q;+1/p-1. The van der Waals surface area contributed by atoms with Gasteiger partial charge in [0.05, 0.1) is 37.9 Å². The molecule has 0 aromatic heterocycles. The van der Waals surface area contributed by atoms with Gasteiger partial charge in [0, 0.05) is 5.75 Å². The molecule has 142 valence electrons. The molecule has 0 radical (unpaired) electrons. The summed E-state index contributed by atoms with van der Waals surface area (Å²) in [4.78, 5) is 0. The van der Waals surface area contributed by atoms with Crippen LogP contribution < -0.4 is 5.32 Å². The van der Waals surface area contributed by atoms with Gasteiger partial charge in [-0.05, 0) is 31.8 Å². The highest BCUT2D eigenvalue weighted by molar-refractivity contribution is 7.85. The maximum atomic E-state index is 10.3. The second-order valence-electron chi connectivity index (χ2n) is 6.97. The Morgan fingerprint density at radius 1 is 1.17 bits per heavy atom. The zero-order valence-corrected chi connectivity index (χ0v) is 16.5. The second kappa shape index (κ2) is 14.2. The number of nitrogens with one attached hydrogen (secondary N) is 1. The van der Waals surface area contributed by atoms with Crippen molar-refractivity contribution < 1.29 is 22.6 Å². The minimum absolute atomic E-state index is 0.258. The van der Waals surface area contributed by atoms with Gasteiger partial charge < -0.3 is 19.5 Å². The van der Waals surface area contributed by atoms with Crippen molar-refractivity contribution in [2.75, 3.05) is 53.1 Å². The molecule has 0 rings (SSSR count). The first-order valence-electron chi connectivity index (χ1n) is 8.61. The molecule has 0 aliphatic rings. The van der Waals surface area contributed by atoms with Crippen LogP contribution in [0, 0.1) is 5.92 Å². The van der Waals surface area contributed by atoms with Crippen LogP contribution in [0.2, 0.25) is 0 Å². The summed E-state index contributed by atoms with van der Waals surface area (Å²) in [5.74, 6) is 0.412. The van der Waals surface area contributed by atoms with Crippen molar-refractivity contribution in [3.05, 3.63) is 0 Å². The first-order chi connectivity index (χ1) is 10.6. The number of rotatable bonds is 12. The van der Waals surface area contributed by atoms with E-state index in [4.69, 9.17) is 5.11 Å². The van der Waals surface area contributed by atoms with E-state index < -0.39 is 10.1 Å². The molecule has 1 unspecified atom stereocenters. The molecule has 7 heteroatoms. The molecule has 0 aromatic rings. The zero-order chi connectivity index (χ0) is 18.4. The molecule has 0 aliphatic carbocycles. The van der Waals surface area contributed by atoms with Crippen LogP contribution in [0.25, 0.3) is 0 Å². The van der Waals surface area contributed by atoms with E-state index in [1.807, 2.05) is 0 Å². The Bertz CT molecular complexity index is 354. The molecule has 2 N–H and O–H groups in total. The molecule has 0 bridgehead atoms. The fourth-order valence-corrected chi connectivity index (χ4v) is 2.42. The van der Waals surface area contributed by atoms with E-state index in [0.29, 0.717) is 18.9 Å². The molecule has 0 spiro atoms. The van der Waals surface area contributed by atoms with Gasteiger partial charge in [0.15, 0.2) is 0 Å². The third-order valence-corrected chi connectivity index (χ3v) is 4.28. The van der Waals surface area contributed by atoms with Crippen molar-refractivity contribution in [2.45, 2.75) is 46.0 Å². The predicted octanol–water partition coefficient (Wildman–Crippen LogP) is 1.41. The summed E-state index contributed by atoms with van der Waals surface area (Å²) in [6, 6.07) is 0. The molecule has 0 fully saturated rings. The lowest BCUT2D eigenvalue weighted by molar-refractivity contribution is -0.870. The summed E-state index contributed by atoms with van der Waals surface area (Å²) in [5.41, 5.74) is 0.